The maximum Gasteiger partial charge on any atom is 0.346 e. The number of carbonyl (C=O) groups excluding carboxylic acids is 1. The molecule has 1 amide bonds. The van der Waals surface area contributed by atoms with E-state index in [1.54, 1.807) is 13.0 Å². The molecule has 0 saturated heterocycles. The van der Waals surface area contributed by atoms with Gasteiger partial charge in [0, 0.05) is 5.54 Å². The van der Waals surface area contributed by atoms with Gasteiger partial charge in [0.2, 0.25) is 0 Å². The molecule has 0 aromatic carbocycles. The number of carbonyl (C=O) groups is 2. The topological polar surface area (TPSA) is 86.6 Å². The van der Waals surface area contributed by atoms with E-state index in [1.165, 1.54) is 0 Å². The Hall–Kier alpha value is -1.40. The number of hydrogen-bond acceptors (Lipinski definition) is 4. The van der Waals surface area contributed by atoms with Gasteiger partial charge in [-0.3, -0.25) is 4.79 Å². The van der Waals surface area contributed by atoms with Crippen LogP contribution in [0.1, 0.15) is 44.7 Å². The fraction of sp³-hybridized carbons (Fsp3) is 0.500. The Morgan fingerprint density at radius 3 is 2.56 bits per heavy atom. The summed E-state index contributed by atoms with van der Waals surface area (Å²) < 4.78 is 0. The van der Waals surface area contributed by atoms with Crippen LogP contribution in [0, 0.1) is 6.92 Å². The molecule has 5 nitrogen and oxygen atoms in total. The molecule has 6 heteroatoms. The first kappa shape index (κ1) is 13.0. The monoisotopic (exact) mass is 269 g/mol. The summed E-state index contributed by atoms with van der Waals surface area (Å²) in [5.41, 5.74) is 0.217. The van der Waals surface area contributed by atoms with Gasteiger partial charge in [-0.15, -0.1) is 11.3 Å². The van der Waals surface area contributed by atoms with Gasteiger partial charge in [0.05, 0.1) is 11.0 Å². The Balaban J connectivity index is 2.10. The van der Waals surface area contributed by atoms with Crippen LogP contribution in [0.2, 0.25) is 0 Å². The van der Waals surface area contributed by atoms with E-state index in [2.05, 4.69) is 5.32 Å². The van der Waals surface area contributed by atoms with Crippen molar-refractivity contribution in [1.82, 2.24) is 5.32 Å². The molecule has 1 aromatic rings. The Morgan fingerprint density at radius 2 is 2.11 bits per heavy atom. The Morgan fingerprint density at radius 1 is 1.50 bits per heavy atom. The Labute approximate surface area is 108 Å². The van der Waals surface area contributed by atoms with E-state index in [0.717, 1.165) is 11.3 Å². The van der Waals surface area contributed by atoms with Crippen LogP contribution < -0.4 is 5.32 Å². The number of aromatic carboxylic acids is 1. The first-order valence-corrected chi connectivity index (χ1v) is 6.47. The molecular weight excluding hydrogens is 254 g/mol. The van der Waals surface area contributed by atoms with E-state index in [-0.39, 0.29) is 22.4 Å². The van der Waals surface area contributed by atoms with E-state index in [1.807, 2.05) is 6.92 Å². The number of amides is 1. The summed E-state index contributed by atoms with van der Waals surface area (Å²) in [4.78, 5) is 23.5. The van der Waals surface area contributed by atoms with Gasteiger partial charge in [-0.1, -0.05) is 0 Å². The van der Waals surface area contributed by atoms with Crippen LogP contribution in [-0.4, -0.2) is 33.7 Å². The molecule has 0 atom stereocenters. The van der Waals surface area contributed by atoms with E-state index >= 15 is 0 Å². The average Bonchev–Trinajstić information content (AvgIpc) is 2.58. The SMILES string of the molecule is Cc1cc(C(=O)NC2(C)CC(O)C2)sc1C(=O)O. The fourth-order valence-corrected chi connectivity index (χ4v) is 3.13. The highest BCUT2D eigenvalue weighted by atomic mass is 32.1. The van der Waals surface area contributed by atoms with Gasteiger partial charge in [0.25, 0.3) is 5.91 Å². The molecule has 1 heterocycles. The lowest BCUT2D eigenvalue weighted by Crippen LogP contribution is -2.57. The quantitative estimate of drug-likeness (QED) is 0.774. The summed E-state index contributed by atoms with van der Waals surface area (Å²) in [7, 11) is 0. The predicted octanol–water partition coefficient (Wildman–Crippen LogP) is 1.40. The van der Waals surface area contributed by atoms with Crippen molar-refractivity contribution in [3.05, 3.63) is 21.4 Å². The molecule has 0 spiro atoms. The normalized spacial score (nSPS) is 26.5. The number of thiophene rings is 1. The number of aliphatic hydroxyl groups is 1. The van der Waals surface area contributed by atoms with Gasteiger partial charge in [-0.25, -0.2) is 4.79 Å². The molecule has 1 aromatic heterocycles. The van der Waals surface area contributed by atoms with Crippen LogP contribution in [0.4, 0.5) is 0 Å². The van der Waals surface area contributed by atoms with Crippen LogP contribution in [-0.2, 0) is 0 Å². The van der Waals surface area contributed by atoms with Crippen LogP contribution in [0.25, 0.3) is 0 Å². The fourth-order valence-electron chi connectivity index (χ4n) is 2.22. The number of nitrogens with one attached hydrogen (secondary N) is 1. The van der Waals surface area contributed by atoms with Crippen LogP contribution in [0.3, 0.4) is 0 Å². The van der Waals surface area contributed by atoms with Crippen molar-refractivity contribution in [3.63, 3.8) is 0 Å². The molecule has 0 bridgehead atoms. The largest absolute Gasteiger partial charge is 0.477 e. The molecule has 2 rings (SSSR count). The molecule has 1 fully saturated rings. The van der Waals surface area contributed by atoms with E-state index < -0.39 is 5.97 Å². The molecule has 18 heavy (non-hydrogen) atoms. The van der Waals surface area contributed by atoms with Crippen molar-refractivity contribution in [2.75, 3.05) is 0 Å². The first-order valence-electron chi connectivity index (χ1n) is 5.65. The maximum absolute atomic E-state index is 12.0. The number of carboxylic acids is 1. The second-order valence-electron chi connectivity index (χ2n) is 5.00. The molecule has 0 unspecified atom stereocenters. The smallest absolute Gasteiger partial charge is 0.346 e. The summed E-state index contributed by atoms with van der Waals surface area (Å²) in [5.74, 6) is -1.29. The highest BCUT2D eigenvalue weighted by molar-refractivity contribution is 7.16. The summed E-state index contributed by atoms with van der Waals surface area (Å²) in [5, 5.41) is 21.0. The third-order valence-corrected chi connectivity index (χ3v) is 4.35. The summed E-state index contributed by atoms with van der Waals surface area (Å²) in [6.07, 6.45) is 0.721. The van der Waals surface area contributed by atoms with Crippen molar-refractivity contribution < 1.29 is 19.8 Å². The molecular formula is C12H15NO4S. The van der Waals surface area contributed by atoms with Gasteiger partial charge in [-0.2, -0.15) is 0 Å². The number of rotatable bonds is 3. The number of hydrogen-bond donors (Lipinski definition) is 3. The highest BCUT2D eigenvalue weighted by Gasteiger charge is 2.40. The molecule has 3 N–H and O–H groups in total. The van der Waals surface area contributed by atoms with E-state index in [9.17, 15) is 14.7 Å². The minimum absolute atomic E-state index is 0.193. The standard InChI is InChI=1S/C12H15NO4S/c1-6-3-8(18-9(6)11(16)17)10(15)13-12(2)4-7(14)5-12/h3,7,14H,4-5H2,1-2H3,(H,13,15)(H,16,17). The van der Waals surface area contributed by atoms with Crippen LogP contribution >= 0.6 is 11.3 Å². The lowest BCUT2D eigenvalue weighted by atomic mass is 9.76. The molecule has 1 aliphatic carbocycles. The van der Waals surface area contributed by atoms with Crippen LogP contribution in [0.5, 0.6) is 0 Å². The Bertz CT molecular complexity index is 502. The maximum atomic E-state index is 12.0. The van der Waals surface area contributed by atoms with E-state index in [4.69, 9.17) is 5.11 Å². The molecule has 1 saturated carbocycles. The van der Waals surface area contributed by atoms with Gasteiger partial charge in [0.15, 0.2) is 0 Å². The third kappa shape index (κ3) is 2.39. The zero-order valence-electron chi connectivity index (χ0n) is 10.2. The Kier molecular flexibility index (Phi) is 3.16. The summed E-state index contributed by atoms with van der Waals surface area (Å²) in [6, 6.07) is 1.59. The number of aryl methyl sites for hydroxylation is 1. The second kappa shape index (κ2) is 4.37. The van der Waals surface area contributed by atoms with Crippen molar-refractivity contribution in [2.24, 2.45) is 0 Å². The van der Waals surface area contributed by atoms with Crippen molar-refractivity contribution >= 4 is 23.2 Å². The van der Waals surface area contributed by atoms with Crippen molar-refractivity contribution in [2.45, 2.75) is 38.3 Å². The third-order valence-electron chi connectivity index (χ3n) is 3.12. The molecule has 1 aliphatic rings. The number of carboxylic acid groups (broad SMARTS) is 1. The summed E-state index contributed by atoms with van der Waals surface area (Å²) in [6.45, 7) is 3.54. The lowest BCUT2D eigenvalue weighted by Gasteiger charge is -2.42. The highest BCUT2D eigenvalue weighted by Crippen LogP contribution is 2.32. The lowest BCUT2D eigenvalue weighted by molar-refractivity contribution is 0.0129. The number of aliphatic hydroxyl groups excluding tert-OH is 1. The van der Waals surface area contributed by atoms with Crippen molar-refractivity contribution in [1.29, 1.82) is 0 Å². The zero-order valence-corrected chi connectivity index (χ0v) is 11.0. The van der Waals surface area contributed by atoms with Gasteiger partial charge in [-0.05, 0) is 38.3 Å². The average molecular weight is 269 g/mol. The molecule has 0 aliphatic heterocycles. The van der Waals surface area contributed by atoms with Crippen LogP contribution in [0.15, 0.2) is 6.07 Å². The summed E-state index contributed by atoms with van der Waals surface area (Å²) >= 11 is 0.978. The first-order chi connectivity index (χ1) is 8.31. The van der Waals surface area contributed by atoms with E-state index in [0.29, 0.717) is 23.3 Å². The van der Waals surface area contributed by atoms with Gasteiger partial charge >= 0.3 is 5.97 Å². The minimum atomic E-state index is -1.01. The molecule has 98 valence electrons. The minimum Gasteiger partial charge on any atom is -0.477 e. The second-order valence-corrected chi connectivity index (χ2v) is 6.06. The predicted molar refractivity (Wildman–Crippen MR) is 67.1 cm³/mol. The molecule has 0 radical (unpaired) electrons. The van der Waals surface area contributed by atoms with Gasteiger partial charge < -0.3 is 15.5 Å². The zero-order chi connectivity index (χ0) is 13.5. The van der Waals surface area contributed by atoms with Crippen molar-refractivity contribution in [3.8, 4) is 0 Å². The van der Waals surface area contributed by atoms with Gasteiger partial charge in [0.1, 0.15) is 4.88 Å².